The Labute approximate surface area is 119 Å². The van der Waals surface area contributed by atoms with Crippen LogP contribution in [0.2, 0.25) is 0 Å². The first kappa shape index (κ1) is 12.9. The molecule has 0 aliphatic heterocycles. The van der Waals surface area contributed by atoms with Gasteiger partial charge in [-0.05, 0) is 37.1 Å². The van der Waals surface area contributed by atoms with Gasteiger partial charge in [0.2, 0.25) is 0 Å². The van der Waals surface area contributed by atoms with Crippen LogP contribution in [-0.4, -0.2) is 4.98 Å². The number of rotatable bonds is 4. The van der Waals surface area contributed by atoms with Crippen molar-refractivity contribution in [2.75, 3.05) is 0 Å². The lowest BCUT2D eigenvalue weighted by molar-refractivity contribution is 0.576. The van der Waals surface area contributed by atoms with E-state index in [0.717, 1.165) is 6.54 Å². The van der Waals surface area contributed by atoms with Gasteiger partial charge in [-0.25, -0.2) is 0 Å². The second kappa shape index (κ2) is 5.51. The largest absolute Gasteiger partial charge is 0.361 e. The van der Waals surface area contributed by atoms with Gasteiger partial charge in [-0.2, -0.15) is 0 Å². The van der Waals surface area contributed by atoms with Crippen molar-refractivity contribution >= 4 is 10.9 Å². The molecule has 0 amide bonds. The molecule has 102 valence electrons. The first-order chi connectivity index (χ1) is 9.74. The Kier molecular flexibility index (Phi) is 3.57. The smallest absolute Gasteiger partial charge is 0.0457 e. The van der Waals surface area contributed by atoms with Gasteiger partial charge in [0, 0.05) is 29.7 Å². The highest BCUT2D eigenvalue weighted by Gasteiger charge is 2.06. The van der Waals surface area contributed by atoms with Gasteiger partial charge in [-0.1, -0.05) is 42.0 Å². The fourth-order valence-corrected chi connectivity index (χ4v) is 2.54. The van der Waals surface area contributed by atoms with Crippen LogP contribution >= 0.6 is 0 Å². The number of nitrogens with one attached hydrogen (secondary N) is 2. The first-order valence-electron chi connectivity index (χ1n) is 7.09. The van der Waals surface area contributed by atoms with Crippen LogP contribution in [0.25, 0.3) is 10.9 Å². The normalized spacial score (nSPS) is 12.7. The molecule has 1 aromatic heterocycles. The van der Waals surface area contributed by atoms with Crippen molar-refractivity contribution in [3.63, 3.8) is 0 Å². The number of benzene rings is 2. The van der Waals surface area contributed by atoms with Crippen LogP contribution < -0.4 is 5.32 Å². The first-order valence-corrected chi connectivity index (χ1v) is 7.09. The standard InChI is InChI=1S/C18H20N2/c1-13-6-8-15(9-7-13)14(2)20-12-16-4-3-5-18-17(16)10-11-19-18/h3-11,14,19-20H,12H2,1-2H3/t14-/m0/s1. The Hall–Kier alpha value is -2.06. The van der Waals surface area contributed by atoms with Gasteiger partial charge >= 0.3 is 0 Å². The quantitative estimate of drug-likeness (QED) is 0.721. The molecule has 3 rings (SSSR count). The summed E-state index contributed by atoms with van der Waals surface area (Å²) in [6.07, 6.45) is 2.00. The Balaban J connectivity index is 1.73. The molecule has 0 saturated carbocycles. The van der Waals surface area contributed by atoms with E-state index >= 15 is 0 Å². The number of hydrogen-bond donors (Lipinski definition) is 2. The van der Waals surface area contributed by atoms with Gasteiger partial charge < -0.3 is 10.3 Å². The molecule has 0 spiro atoms. The van der Waals surface area contributed by atoms with E-state index in [0.29, 0.717) is 6.04 Å². The second-order valence-electron chi connectivity index (χ2n) is 5.37. The zero-order chi connectivity index (χ0) is 13.9. The molecule has 0 aliphatic carbocycles. The maximum absolute atomic E-state index is 3.60. The number of aromatic amines is 1. The summed E-state index contributed by atoms with van der Waals surface area (Å²) in [5, 5.41) is 4.90. The average molecular weight is 264 g/mol. The van der Waals surface area contributed by atoms with Crippen LogP contribution in [0, 0.1) is 6.92 Å². The van der Waals surface area contributed by atoms with E-state index in [9.17, 15) is 0 Å². The van der Waals surface area contributed by atoms with Gasteiger partial charge in [-0.15, -0.1) is 0 Å². The zero-order valence-electron chi connectivity index (χ0n) is 12.0. The van der Waals surface area contributed by atoms with Gasteiger partial charge in [0.05, 0.1) is 0 Å². The van der Waals surface area contributed by atoms with Gasteiger partial charge in [0.25, 0.3) is 0 Å². The number of fused-ring (bicyclic) bond motifs is 1. The molecule has 2 N–H and O–H groups in total. The number of aryl methyl sites for hydroxylation is 1. The molecule has 3 aromatic rings. The monoisotopic (exact) mass is 264 g/mol. The van der Waals surface area contributed by atoms with Gasteiger partial charge in [-0.3, -0.25) is 0 Å². The van der Waals surface area contributed by atoms with Crippen LogP contribution in [0.15, 0.2) is 54.7 Å². The predicted molar refractivity (Wildman–Crippen MR) is 84.7 cm³/mol. The van der Waals surface area contributed by atoms with Crippen LogP contribution in [0.4, 0.5) is 0 Å². The average Bonchev–Trinajstić information content (AvgIpc) is 2.94. The van der Waals surface area contributed by atoms with Crippen LogP contribution in [0.3, 0.4) is 0 Å². The topological polar surface area (TPSA) is 27.8 Å². The van der Waals surface area contributed by atoms with E-state index in [1.807, 2.05) is 6.20 Å². The van der Waals surface area contributed by atoms with E-state index in [4.69, 9.17) is 0 Å². The molecule has 2 nitrogen and oxygen atoms in total. The summed E-state index contributed by atoms with van der Waals surface area (Å²) in [5.41, 5.74) is 5.17. The second-order valence-corrected chi connectivity index (χ2v) is 5.37. The van der Waals surface area contributed by atoms with Gasteiger partial charge in [0.1, 0.15) is 0 Å². The van der Waals surface area contributed by atoms with Crippen LogP contribution in [0.1, 0.15) is 29.7 Å². The Bertz CT molecular complexity index is 695. The Morgan fingerprint density at radius 2 is 1.85 bits per heavy atom. The molecule has 1 heterocycles. The fourth-order valence-electron chi connectivity index (χ4n) is 2.54. The number of hydrogen-bond acceptors (Lipinski definition) is 1. The molecule has 0 fully saturated rings. The van der Waals surface area contributed by atoms with Crippen molar-refractivity contribution in [1.29, 1.82) is 0 Å². The molecular formula is C18H20N2. The van der Waals surface area contributed by atoms with Crippen molar-refractivity contribution in [2.45, 2.75) is 26.4 Å². The summed E-state index contributed by atoms with van der Waals surface area (Å²) in [6.45, 7) is 5.21. The SMILES string of the molecule is Cc1ccc([C@H](C)NCc2cccc3[nH]ccc23)cc1. The van der Waals surface area contributed by atoms with E-state index in [-0.39, 0.29) is 0 Å². The highest BCUT2D eigenvalue weighted by atomic mass is 14.9. The molecule has 0 radical (unpaired) electrons. The van der Waals surface area contributed by atoms with E-state index in [2.05, 4.69) is 72.7 Å². The number of H-pyrrole nitrogens is 1. The fraction of sp³-hybridized carbons (Fsp3) is 0.222. The van der Waals surface area contributed by atoms with Crippen molar-refractivity contribution in [3.8, 4) is 0 Å². The minimum Gasteiger partial charge on any atom is -0.361 e. The molecular weight excluding hydrogens is 244 g/mol. The molecule has 0 bridgehead atoms. The maximum atomic E-state index is 3.60. The minimum absolute atomic E-state index is 0.352. The lowest BCUT2D eigenvalue weighted by Crippen LogP contribution is -2.18. The zero-order valence-corrected chi connectivity index (χ0v) is 12.0. The third-order valence-corrected chi connectivity index (χ3v) is 3.86. The van der Waals surface area contributed by atoms with Crippen molar-refractivity contribution in [1.82, 2.24) is 10.3 Å². The van der Waals surface area contributed by atoms with Gasteiger partial charge in [0.15, 0.2) is 0 Å². The molecule has 0 saturated heterocycles. The molecule has 1 atom stereocenters. The highest BCUT2D eigenvalue weighted by Crippen LogP contribution is 2.19. The molecule has 20 heavy (non-hydrogen) atoms. The third-order valence-electron chi connectivity index (χ3n) is 3.86. The predicted octanol–water partition coefficient (Wildman–Crippen LogP) is 4.33. The summed E-state index contributed by atoms with van der Waals surface area (Å²) in [7, 11) is 0. The Morgan fingerprint density at radius 3 is 2.65 bits per heavy atom. The lowest BCUT2D eigenvalue weighted by Gasteiger charge is -2.15. The summed E-state index contributed by atoms with van der Waals surface area (Å²) in [5.74, 6) is 0. The lowest BCUT2D eigenvalue weighted by atomic mass is 10.1. The maximum Gasteiger partial charge on any atom is 0.0457 e. The molecule has 0 aliphatic rings. The van der Waals surface area contributed by atoms with Crippen molar-refractivity contribution in [2.24, 2.45) is 0 Å². The molecule has 0 unspecified atom stereocenters. The Morgan fingerprint density at radius 1 is 1.05 bits per heavy atom. The van der Waals surface area contributed by atoms with Crippen LogP contribution in [0.5, 0.6) is 0 Å². The summed E-state index contributed by atoms with van der Waals surface area (Å²) in [6, 6.07) is 17.6. The minimum atomic E-state index is 0.352. The summed E-state index contributed by atoms with van der Waals surface area (Å²) < 4.78 is 0. The summed E-state index contributed by atoms with van der Waals surface area (Å²) in [4.78, 5) is 3.26. The van der Waals surface area contributed by atoms with Crippen molar-refractivity contribution in [3.05, 3.63) is 71.4 Å². The molecule has 2 aromatic carbocycles. The van der Waals surface area contributed by atoms with Crippen molar-refractivity contribution < 1.29 is 0 Å². The highest BCUT2D eigenvalue weighted by molar-refractivity contribution is 5.82. The van der Waals surface area contributed by atoms with E-state index in [1.165, 1.54) is 27.6 Å². The third kappa shape index (κ3) is 2.61. The number of aromatic nitrogens is 1. The molecule has 2 heteroatoms. The van der Waals surface area contributed by atoms with Crippen LogP contribution in [-0.2, 0) is 6.54 Å². The summed E-state index contributed by atoms with van der Waals surface area (Å²) >= 11 is 0. The van der Waals surface area contributed by atoms with E-state index in [1.54, 1.807) is 0 Å². The van der Waals surface area contributed by atoms with E-state index < -0.39 is 0 Å².